The molecule has 12 heavy (non-hydrogen) atoms. The molecular formula is H3Cl9Re3+2. The first kappa shape index (κ1) is 21.8. The van der Waals surface area contributed by atoms with Gasteiger partial charge in [-0.15, -0.1) is 0 Å². The summed E-state index contributed by atoms with van der Waals surface area (Å²) >= 11 is -5.66. The Kier molecular flexibility index (Phi) is 28.4. The van der Waals surface area contributed by atoms with Crippen LogP contribution in [0.3, 0.4) is 0 Å². The Morgan fingerprint density at radius 1 is 1.08 bits per heavy atom. The van der Waals surface area contributed by atoms with E-state index in [1.165, 1.54) is 0 Å². The first-order valence-corrected chi connectivity index (χ1v) is 32.4. The number of hydrogen-bond donors (Lipinski definition) is 0. The van der Waals surface area contributed by atoms with E-state index in [1.807, 2.05) is 0 Å². The summed E-state index contributed by atoms with van der Waals surface area (Å²) in [5.41, 5.74) is 0. The molecule has 0 aliphatic heterocycles. The van der Waals surface area contributed by atoms with Gasteiger partial charge in [-0.2, -0.15) is 0 Å². The van der Waals surface area contributed by atoms with E-state index in [0.29, 0.717) is 0 Å². The number of rotatable bonds is 0. The average molecular weight is 881 g/mol. The van der Waals surface area contributed by atoms with Crippen molar-refractivity contribution in [3.63, 3.8) is 0 Å². The number of halogens is 9. The predicted octanol–water partition coefficient (Wildman–Crippen LogP) is 3.33. The van der Waals surface area contributed by atoms with E-state index in [0.717, 1.165) is 0 Å². The van der Waals surface area contributed by atoms with Gasteiger partial charge in [0.05, 0.1) is 0 Å². The van der Waals surface area contributed by atoms with Gasteiger partial charge in [0.2, 0.25) is 0 Å². The van der Waals surface area contributed by atoms with Crippen LogP contribution in [-0.4, -0.2) is 0 Å². The van der Waals surface area contributed by atoms with Crippen LogP contribution in [0.1, 0.15) is 0 Å². The maximum absolute atomic E-state index is 5.13. The molecule has 0 amide bonds. The molecule has 0 bridgehead atoms. The monoisotopic (exact) mass is 879 g/mol. The van der Waals surface area contributed by atoms with Crippen molar-refractivity contribution in [2.75, 3.05) is 0 Å². The Morgan fingerprint density at radius 2 is 1.08 bits per heavy atom. The third-order valence-corrected chi connectivity index (χ3v) is 0. The predicted molar refractivity (Wildman–Crippen MR) is 39.3 cm³/mol. The third kappa shape index (κ3) is 128. The molecule has 0 aromatic carbocycles. The standard InChI is InChI=1S/9ClH.3Re/h9*1H;;;/q;;;;;;;;;+2;2*+3/p-6. The van der Waals surface area contributed by atoms with E-state index in [4.69, 9.17) is 57.2 Å². The minimum atomic E-state index is -3.00. The van der Waals surface area contributed by atoms with Crippen molar-refractivity contribution in [2.45, 2.75) is 0 Å². The zero-order valence-corrected chi connectivity index (χ0v) is 19.8. The van der Waals surface area contributed by atoms with Crippen LogP contribution in [-0.2, 0) is 41.1 Å². The minimum absolute atomic E-state index is 0.722. The van der Waals surface area contributed by atoms with Crippen molar-refractivity contribution < 1.29 is 69.7 Å². The normalized spacial score (nSPS) is 11.6. The molecule has 0 aromatic rings. The molecule has 0 fully saturated rings. The van der Waals surface area contributed by atoms with Crippen LogP contribution in [0.2, 0.25) is 0 Å². The van der Waals surface area contributed by atoms with Gasteiger partial charge in [0.1, 0.15) is 0 Å². The second-order valence-corrected chi connectivity index (χ2v) is 42.4. The Morgan fingerprint density at radius 3 is 1.08 bits per heavy atom. The topological polar surface area (TPSA) is 0 Å². The van der Waals surface area contributed by atoms with E-state index in [1.54, 1.807) is 0 Å². The molecule has 0 heterocycles. The fraction of sp³-hybridized carbons (Fsp3) is 0. The molecule has 0 atom stereocenters. The first-order chi connectivity index (χ1) is 5.15. The van der Waals surface area contributed by atoms with Gasteiger partial charge in [-0.3, -0.25) is 0 Å². The summed E-state index contributed by atoms with van der Waals surface area (Å²) in [6.07, 6.45) is 0. The van der Waals surface area contributed by atoms with Gasteiger partial charge in [0, 0.05) is 0 Å². The van der Waals surface area contributed by atoms with Crippen molar-refractivity contribution >= 4 is 57.2 Å². The zero-order valence-electron chi connectivity index (χ0n) is 4.63. The summed E-state index contributed by atoms with van der Waals surface area (Å²) < 4.78 is 0. The number of hydrogen-bond acceptors (Lipinski definition) is 0. The summed E-state index contributed by atoms with van der Waals surface area (Å²) in [5, 5.41) is 0. The molecule has 0 unspecified atom stereocenters. The third-order valence-electron chi connectivity index (χ3n) is 0. The Labute approximate surface area is 124 Å². The molecule has 0 N–H and O–H groups in total. The molecule has 85 valence electrons. The van der Waals surface area contributed by atoms with Crippen LogP contribution in [0.15, 0.2) is 0 Å². The fourth-order valence-electron chi connectivity index (χ4n) is 0. The van der Waals surface area contributed by atoms with Crippen molar-refractivity contribution in [2.24, 2.45) is 0 Å². The van der Waals surface area contributed by atoms with Crippen LogP contribution in [0.4, 0.5) is 0 Å². The molecular weight excluding hydrogens is 878 g/mol. The molecule has 0 aliphatic carbocycles. The summed E-state index contributed by atoms with van der Waals surface area (Å²) in [6, 6.07) is 0. The average Bonchev–Trinajstić information content (AvgIpc) is 1.56. The molecule has 0 aromatic heterocycles. The van der Waals surface area contributed by atoms with Crippen LogP contribution >= 0.6 is 57.2 Å². The van der Waals surface area contributed by atoms with E-state index in [-0.39, 0.29) is 0 Å². The molecule has 0 nitrogen and oxygen atoms in total. The summed E-state index contributed by atoms with van der Waals surface area (Å²) in [5.74, 6) is 0. The van der Waals surface area contributed by atoms with Crippen LogP contribution in [0, 0.1) is 28.6 Å². The van der Waals surface area contributed by atoms with E-state index in [9.17, 15) is 0 Å². The Balaban J connectivity index is -0.000000105. The molecule has 0 saturated heterocycles. The summed E-state index contributed by atoms with van der Waals surface area (Å²) in [4.78, 5) is 0. The van der Waals surface area contributed by atoms with E-state index >= 15 is 0 Å². The summed E-state index contributed by atoms with van der Waals surface area (Å²) in [6.45, 7) is 0. The van der Waals surface area contributed by atoms with Crippen LogP contribution < -0.4 is 0 Å². The molecule has 0 spiro atoms. The van der Waals surface area contributed by atoms with Gasteiger partial charge >= 0.3 is 127 Å². The quantitative estimate of drug-likeness (QED) is 0.351. The SMILES string of the molecule is [Cl][Re-]([Cl])([ClH+])[ClH+].[Cl][Re]([Cl])[ClH+].[Cl][Re][Cl]. The zero-order chi connectivity index (χ0) is 10.8. The van der Waals surface area contributed by atoms with E-state index in [2.05, 4.69) is 28.6 Å². The van der Waals surface area contributed by atoms with Crippen molar-refractivity contribution in [3.05, 3.63) is 0 Å². The first-order valence-electron chi connectivity index (χ1n) is 1.32. The van der Waals surface area contributed by atoms with E-state index < -0.39 is 41.1 Å². The van der Waals surface area contributed by atoms with Gasteiger partial charge in [-0.25, -0.2) is 0 Å². The van der Waals surface area contributed by atoms with Gasteiger partial charge in [0.25, 0.3) is 0 Å². The molecule has 12 heteroatoms. The van der Waals surface area contributed by atoms with Gasteiger partial charge in [0.15, 0.2) is 0 Å². The van der Waals surface area contributed by atoms with Crippen LogP contribution in [0.5, 0.6) is 0 Å². The fourth-order valence-corrected chi connectivity index (χ4v) is 0. The second-order valence-electron chi connectivity index (χ2n) is 0.575. The molecule has 0 rings (SSSR count). The summed E-state index contributed by atoms with van der Waals surface area (Å²) in [7, 11) is 43.2. The van der Waals surface area contributed by atoms with Crippen molar-refractivity contribution in [1.82, 2.24) is 0 Å². The maximum atomic E-state index is 5.13. The van der Waals surface area contributed by atoms with Gasteiger partial charge in [-0.1, -0.05) is 0 Å². The van der Waals surface area contributed by atoms with Crippen molar-refractivity contribution in [1.29, 1.82) is 0 Å². The Bertz CT molecular complexity index is 55.9. The molecule has 0 aliphatic rings. The molecule has 0 saturated carbocycles. The van der Waals surface area contributed by atoms with Crippen LogP contribution in [0.25, 0.3) is 0 Å². The Hall–Kier alpha value is 4.60. The van der Waals surface area contributed by atoms with Gasteiger partial charge < -0.3 is 0 Å². The second kappa shape index (κ2) is 15.6. The van der Waals surface area contributed by atoms with Gasteiger partial charge in [-0.05, 0) is 0 Å². The van der Waals surface area contributed by atoms with Crippen molar-refractivity contribution in [3.8, 4) is 0 Å². The molecule has 0 radical (unpaired) electrons.